The fourth-order valence-corrected chi connectivity index (χ4v) is 3.93. The van der Waals surface area contributed by atoms with Crippen LogP contribution in [0.2, 0.25) is 0 Å². The largest absolute Gasteiger partial charge is 0.381 e. The maximum absolute atomic E-state index is 13.2. The van der Waals surface area contributed by atoms with Crippen molar-refractivity contribution < 1.29 is 22.3 Å². The lowest BCUT2D eigenvalue weighted by atomic mass is 9.73. The van der Waals surface area contributed by atoms with Gasteiger partial charge in [0, 0.05) is 25.6 Å². The van der Waals surface area contributed by atoms with Crippen LogP contribution < -0.4 is 4.72 Å². The lowest BCUT2D eigenvalue weighted by molar-refractivity contribution is -0.128. The average molecular weight is 364 g/mol. The summed E-state index contributed by atoms with van der Waals surface area (Å²) in [4.78, 5) is 16.6. The molecule has 1 aliphatic heterocycles. The monoisotopic (exact) mass is 364 g/mol. The van der Waals surface area contributed by atoms with Crippen molar-refractivity contribution in [3.63, 3.8) is 0 Å². The minimum atomic E-state index is -4.04. The second-order valence-electron chi connectivity index (χ2n) is 5.82. The van der Waals surface area contributed by atoms with E-state index < -0.39 is 27.2 Å². The molecule has 0 saturated carbocycles. The van der Waals surface area contributed by atoms with Crippen molar-refractivity contribution >= 4 is 15.9 Å². The standard InChI is InChI=1S/C17H17FN2O4S/c18-14-5-3-13(4-6-14)17(7-10-24-11-8-17)16(21)20-25(22,23)15-2-1-9-19-12-15/h1-6,9,12H,7-8,10-11H2,(H,20,21). The molecule has 3 rings (SSSR count). The molecular formula is C17H17FN2O4S. The van der Waals surface area contributed by atoms with Crippen LogP contribution in [-0.4, -0.2) is 32.5 Å². The highest BCUT2D eigenvalue weighted by Crippen LogP contribution is 2.35. The fourth-order valence-electron chi connectivity index (χ4n) is 2.92. The van der Waals surface area contributed by atoms with Gasteiger partial charge in [-0.25, -0.2) is 17.5 Å². The third-order valence-corrected chi connectivity index (χ3v) is 5.67. The van der Waals surface area contributed by atoms with E-state index in [2.05, 4.69) is 9.71 Å². The minimum absolute atomic E-state index is 0.0929. The van der Waals surface area contributed by atoms with E-state index in [0.29, 0.717) is 31.6 Å². The van der Waals surface area contributed by atoms with Gasteiger partial charge in [-0.1, -0.05) is 12.1 Å². The van der Waals surface area contributed by atoms with Crippen LogP contribution in [0.3, 0.4) is 0 Å². The van der Waals surface area contributed by atoms with E-state index in [-0.39, 0.29) is 4.90 Å². The van der Waals surface area contributed by atoms with Crippen molar-refractivity contribution in [1.29, 1.82) is 0 Å². The topological polar surface area (TPSA) is 85.4 Å². The molecule has 25 heavy (non-hydrogen) atoms. The summed E-state index contributed by atoms with van der Waals surface area (Å²) in [5, 5.41) is 0. The molecule has 1 aromatic heterocycles. The molecule has 1 amide bonds. The lowest BCUT2D eigenvalue weighted by Gasteiger charge is -2.36. The van der Waals surface area contributed by atoms with Crippen LogP contribution in [0, 0.1) is 5.82 Å². The molecule has 1 aliphatic rings. The van der Waals surface area contributed by atoms with Crippen molar-refractivity contribution in [1.82, 2.24) is 9.71 Å². The third-order valence-electron chi connectivity index (χ3n) is 4.35. The van der Waals surface area contributed by atoms with Crippen molar-refractivity contribution in [2.75, 3.05) is 13.2 Å². The van der Waals surface area contributed by atoms with Crippen LogP contribution in [0.1, 0.15) is 18.4 Å². The van der Waals surface area contributed by atoms with E-state index in [4.69, 9.17) is 4.74 Å². The molecule has 1 fully saturated rings. The van der Waals surface area contributed by atoms with Crippen molar-refractivity contribution in [2.45, 2.75) is 23.2 Å². The Bertz CT molecular complexity index is 848. The molecule has 132 valence electrons. The van der Waals surface area contributed by atoms with Gasteiger partial charge >= 0.3 is 0 Å². The first kappa shape index (κ1) is 17.5. The Morgan fingerprint density at radius 1 is 1.16 bits per heavy atom. The summed E-state index contributed by atoms with van der Waals surface area (Å²) in [6.45, 7) is 0.634. The zero-order valence-electron chi connectivity index (χ0n) is 13.3. The third kappa shape index (κ3) is 3.54. The van der Waals surface area contributed by atoms with Crippen LogP contribution in [-0.2, 0) is 25.0 Å². The Balaban J connectivity index is 1.94. The first-order valence-corrected chi connectivity index (χ1v) is 9.23. The van der Waals surface area contributed by atoms with E-state index in [9.17, 15) is 17.6 Å². The van der Waals surface area contributed by atoms with E-state index in [1.165, 1.54) is 48.8 Å². The average Bonchev–Trinajstić information content (AvgIpc) is 2.63. The number of pyridine rings is 1. The van der Waals surface area contributed by atoms with Crippen molar-refractivity contribution in [2.24, 2.45) is 0 Å². The van der Waals surface area contributed by atoms with Crippen molar-refractivity contribution in [3.05, 3.63) is 60.2 Å². The van der Waals surface area contributed by atoms with E-state index in [1.807, 2.05) is 0 Å². The summed E-state index contributed by atoms with van der Waals surface area (Å²) >= 11 is 0. The Labute approximate surface area is 145 Å². The van der Waals surface area contributed by atoms with Gasteiger partial charge in [0.05, 0.1) is 5.41 Å². The molecule has 2 aromatic rings. The zero-order chi connectivity index (χ0) is 17.9. The fraction of sp³-hybridized carbons (Fsp3) is 0.294. The van der Waals surface area contributed by atoms with Gasteiger partial charge in [-0.3, -0.25) is 9.78 Å². The van der Waals surface area contributed by atoms with Gasteiger partial charge in [0.1, 0.15) is 10.7 Å². The molecule has 1 aromatic carbocycles. The number of hydrogen-bond acceptors (Lipinski definition) is 5. The number of hydrogen-bond donors (Lipinski definition) is 1. The van der Waals surface area contributed by atoms with Gasteiger partial charge in [0.2, 0.25) is 5.91 Å². The summed E-state index contributed by atoms with van der Waals surface area (Å²) in [5.41, 5.74) is -0.516. The predicted molar refractivity (Wildman–Crippen MR) is 87.7 cm³/mol. The number of rotatable bonds is 4. The van der Waals surface area contributed by atoms with Crippen LogP contribution >= 0.6 is 0 Å². The van der Waals surface area contributed by atoms with Crippen LogP contribution in [0.5, 0.6) is 0 Å². The van der Waals surface area contributed by atoms with Gasteiger partial charge in [0.15, 0.2) is 0 Å². The number of benzene rings is 1. The molecule has 1 N–H and O–H groups in total. The van der Waals surface area contributed by atoms with E-state index in [0.717, 1.165) is 0 Å². The summed E-state index contributed by atoms with van der Waals surface area (Å²) in [6.07, 6.45) is 3.24. The number of nitrogens with zero attached hydrogens (tertiary/aromatic N) is 1. The number of nitrogens with one attached hydrogen (secondary N) is 1. The molecule has 0 bridgehead atoms. The van der Waals surface area contributed by atoms with Gasteiger partial charge in [0.25, 0.3) is 10.0 Å². The Morgan fingerprint density at radius 2 is 1.84 bits per heavy atom. The number of carbonyl (C=O) groups is 1. The maximum Gasteiger partial charge on any atom is 0.265 e. The van der Waals surface area contributed by atoms with Gasteiger partial charge in [-0.2, -0.15) is 0 Å². The molecule has 0 radical (unpaired) electrons. The van der Waals surface area contributed by atoms with Crippen LogP contribution in [0.15, 0.2) is 53.7 Å². The lowest BCUT2D eigenvalue weighted by Crippen LogP contribution is -2.49. The number of amides is 1. The van der Waals surface area contributed by atoms with Gasteiger partial charge in [-0.15, -0.1) is 0 Å². The first-order chi connectivity index (χ1) is 11.9. The van der Waals surface area contributed by atoms with E-state index in [1.54, 1.807) is 0 Å². The van der Waals surface area contributed by atoms with Crippen LogP contribution in [0.4, 0.5) is 4.39 Å². The highest BCUT2D eigenvalue weighted by Gasteiger charge is 2.43. The van der Waals surface area contributed by atoms with Crippen LogP contribution in [0.25, 0.3) is 0 Å². The van der Waals surface area contributed by atoms with Crippen molar-refractivity contribution in [3.8, 4) is 0 Å². The second-order valence-corrected chi connectivity index (χ2v) is 7.51. The molecule has 2 heterocycles. The molecule has 6 nitrogen and oxygen atoms in total. The molecule has 0 aliphatic carbocycles. The highest BCUT2D eigenvalue weighted by atomic mass is 32.2. The predicted octanol–water partition coefficient (Wildman–Crippen LogP) is 1.77. The summed E-state index contributed by atoms with van der Waals surface area (Å²) in [5.74, 6) is -1.07. The normalized spacial score (nSPS) is 17.0. The number of ether oxygens (including phenoxy) is 1. The SMILES string of the molecule is O=C(NS(=O)(=O)c1cccnc1)C1(c2ccc(F)cc2)CCOCC1. The molecule has 8 heteroatoms. The summed E-state index contributed by atoms with van der Waals surface area (Å²) in [6, 6.07) is 8.37. The number of carbonyl (C=O) groups excluding carboxylic acids is 1. The Morgan fingerprint density at radius 3 is 2.44 bits per heavy atom. The van der Waals surface area contributed by atoms with Gasteiger partial charge in [-0.05, 0) is 42.7 Å². The smallest absolute Gasteiger partial charge is 0.265 e. The van der Waals surface area contributed by atoms with E-state index >= 15 is 0 Å². The Hall–Kier alpha value is -2.32. The van der Waals surface area contributed by atoms with Gasteiger partial charge < -0.3 is 4.74 Å². The first-order valence-electron chi connectivity index (χ1n) is 7.75. The highest BCUT2D eigenvalue weighted by molar-refractivity contribution is 7.90. The minimum Gasteiger partial charge on any atom is -0.381 e. The maximum atomic E-state index is 13.2. The molecule has 0 spiro atoms. The zero-order valence-corrected chi connectivity index (χ0v) is 14.1. The molecule has 0 atom stereocenters. The number of halogens is 1. The summed E-state index contributed by atoms with van der Waals surface area (Å²) in [7, 11) is -4.04. The quantitative estimate of drug-likeness (QED) is 0.894. The second kappa shape index (κ2) is 6.89. The number of sulfonamides is 1. The number of aromatic nitrogens is 1. The summed E-state index contributed by atoms with van der Waals surface area (Å²) < 4.78 is 45.6. The molecule has 1 saturated heterocycles. The molecule has 0 unspecified atom stereocenters. The molecular weight excluding hydrogens is 347 g/mol. The Kier molecular flexibility index (Phi) is 4.82.